The van der Waals surface area contributed by atoms with Crippen molar-refractivity contribution in [3.63, 3.8) is 0 Å². The van der Waals surface area contributed by atoms with Crippen LogP contribution in [0.15, 0.2) is 24.7 Å². The number of hydrogen-bond acceptors (Lipinski definition) is 3. The molecular formula is C9H6Cl2N4O. The van der Waals surface area contributed by atoms with Crippen molar-refractivity contribution >= 4 is 34.8 Å². The van der Waals surface area contributed by atoms with Gasteiger partial charge in [-0.1, -0.05) is 23.2 Å². The molecular weight excluding hydrogens is 251 g/mol. The summed E-state index contributed by atoms with van der Waals surface area (Å²) in [7, 11) is 0. The number of nitrogens with zero attached hydrogens (tertiary/aromatic N) is 2. The summed E-state index contributed by atoms with van der Waals surface area (Å²) in [5, 5.41) is 9.33. The van der Waals surface area contributed by atoms with Crippen LogP contribution in [0.4, 0.5) is 5.69 Å². The standard InChI is InChI=1S/C9H6Cl2N4O/c10-7-4-12-8(11)1-6(7)9(16)15-5-2-13-14-3-5/h1-4H,(H,13,14)(H,15,16). The van der Waals surface area contributed by atoms with E-state index in [4.69, 9.17) is 23.2 Å². The number of rotatable bonds is 2. The highest BCUT2D eigenvalue weighted by atomic mass is 35.5. The van der Waals surface area contributed by atoms with Crippen molar-refractivity contribution in [2.45, 2.75) is 0 Å². The monoisotopic (exact) mass is 256 g/mol. The minimum atomic E-state index is -0.365. The number of halogens is 2. The first-order valence-corrected chi connectivity index (χ1v) is 5.03. The molecule has 0 spiro atoms. The average Bonchev–Trinajstić information content (AvgIpc) is 2.74. The van der Waals surface area contributed by atoms with Crippen LogP contribution >= 0.6 is 23.2 Å². The Morgan fingerprint density at radius 2 is 2.19 bits per heavy atom. The zero-order valence-corrected chi connectivity index (χ0v) is 9.38. The van der Waals surface area contributed by atoms with Crippen molar-refractivity contribution in [3.8, 4) is 0 Å². The second-order valence-electron chi connectivity index (χ2n) is 2.93. The van der Waals surface area contributed by atoms with Crippen molar-refractivity contribution in [1.82, 2.24) is 15.2 Å². The summed E-state index contributed by atoms with van der Waals surface area (Å²) >= 11 is 11.5. The Bertz CT molecular complexity index is 512. The first kappa shape index (κ1) is 10.9. The highest BCUT2D eigenvalue weighted by Crippen LogP contribution is 2.19. The molecule has 0 aliphatic rings. The van der Waals surface area contributed by atoms with Crippen LogP contribution in [-0.4, -0.2) is 21.1 Å². The predicted octanol–water partition coefficient (Wildman–Crippen LogP) is 2.36. The van der Waals surface area contributed by atoms with Gasteiger partial charge in [0.25, 0.3) is 5.91 Å². The fourth-order valence-electron chi connectivity index (χ4n) is 1.10. The average molecular weight is 257 g/mol. The number of aromatic nitrogens is 3. The first-order chi connectivity index (χ1) is 7.66. The summed E-state index contributed by atoms with van der Waals surface area (Å²) in [6.07, 6.45) is 4.36. The molecule has 0 aromatic carbocycles. The van der Waals surface area contributed by atoms with Crippen molar-refractivity contribution in [1.29, 1.82) is 0 Å². The normalized spacial score (nSPS) is 10.1. The second kappa shape index (κ2) is 4.51. The third-order valence-electron chi connectivity index (χ3n) is 1.82. The lowest BCUT2D eigenvalue weighted by Gasteiger charge is -2.04. The summed E-state index contributed by atoms with van der Waals surface area (Å²) in [5.74, 6) is -0.365. The van der Waals surface area contributed by atoms with Crippen molar-refractivity contribution in [3.05, 3.63) is 40.4 Å². The van der Waals surface area contributed by atoms with Gasteiger partial charge in [-0.25, -0.2) is 4.98 Å². The minimum Gasteiger partial charge on any atom is -0.319 e. The summed E-state index contributed by atoms with van der Waals surface area (Å²) in [5.41, 5.74) is 0.817. The minimum absolute atomic E-state index is 0.210. The molecule has 2 aromatic rings. The lowest BCUT2D eigenvalue weighted by Crippen LogP contribution is -2.12. The van der Waals surface area contributed by atoms with E-state index in [-0.39, 0.29) is 21.6 Å². The number of carbonyl (C=O) groups excluding carboxylic acids is 1. The highest BCUT2D eigenvalue weighted by Gasteiger charge is 2.12. The molecule has 2 rings (SSSR count). The molecule has 0 bridgehead atoms. The number of anilines is 1. The van der Waals surface area contributed by atoms with Crippen molar-refractivity contribution in [2.75, 3.05) is 5.32 Å². The topological polar surface area (TPSA) is 70.7 Å². The van der Waals surface area contributed by atoms with Crippen molar-refractivity contribution < 1.29 is 4.79 Å². The third kappa shape index (κ3) is 2.32. The number of aromatic amines is 1. The first-order valence-electron chi connectivity index (χ1n) is 4.28. The molecule has 0 unspecified atom stereocenters. The molecule has 0 fully saturated rings. The lowest BCUT2D eigenvalue weighted by molar-refractivity contribution is 0.102. The zero-order chi connectivity index (χ0) is 11.5. The van der Waals surface area contributed by atoms with Gasteiger partial charge in [0.15, 0.2) is 0 Å². The summed E-state index contributed by atoms with van der Waals surface area (Å²) < 4.78 is 0. The lowest BCUT2D eigenvalue weighted by atomic mass is 10.2. The molecule has 82 valence electrons. The molecule has 2 heterocycles. The zero-order valence-electron chi connectivity index (χ0n) is 7.87. The maximum absolute atomic E-state index is 11.8. The molecule has 2 N–H and O–H groups in total. The number of amides is 1. The molecule has 2 aromatic heterocycles. The Morgan fingerprint density at radius 3 is 2.88 bits per heavy atom. The second-order valence-corrected chi connectivity index (χ2v) is 3.72. The van der Waals surface area contributed by atoms with Gasteiger partial charge in [-0.15, -0.1) is 0 Å². The number of pyridine rings is 1. The van der Waals surface area contributed by atoms with Gasteiger partial charge in [0, 0.05) is 12.4 Å². The Hall–Kier alpha value is -1.59. The summed E-state index contributed by atoms with van der Waals surface area (Å²) in [4.78, 5) is 15.5. The maximum Gasteiger partial charge on any atom is 0.257 e. The van der Waals surface area contributed by atoms with E-state index in [1.54, 1.807) is 6.20 Å². The highest BCUT2D eigenvalue weighted by molar-refractivity contribution is 6.35. The molecule has 0 saturated carbocycles. The fourth-order valence-corrected chi connectivity index (χ4v) is 1.45. The third-order valence-corrected chi connectivity index (χ3v) is 2.33. The SMILES string of the molecule is O=C(Nc1cn[nH]c1)c1cc(Cl)ncc1Cl. The molecule has 1 amide bonds. The van der Waals surface area contributed by atoms with Gasteiger partial charge in [-0.3, -0.25) is 9.89 Å². The van der Waals surface area contributed by atoms with Crippen LogP contribution < -0.4 is 5.32 Å². The van der Waals surface area contributed by atoms with E-state index >= 15 is 0 Å². The molecule has 0 aliphatic heterocycles. The summed E-state index contributed by atoms with van der Waals surface area (Å²) in [6, 6.07) is 1.40. The van der Waals surface area contributed by atoms with E-state index in [1.165, 1.54) is 18.5 Å². The van der Waals surface area contributed by atoms with Gasteiger partial charge < -0.3 is 5.32 Å². The van der Waals surface area contributed by atoms with Crippen LogP contribution in [0, 0.1) is 0 Å². The van der Waals surface area contributed by atoms with Gasteiger partial charge in [-0.05, 0) is 6.07 Å². The molecule has 7 heteroatoms. The Kier molecular flexibility index (Phi) is 3.07. The van der Waals surface area contributed by atoms with Gasteiger partial charge in [-0.2, -0.15) is 5.10 Å². The molecule has 0 radical (unpaired) electrons. The van der Waals surface area contributed by atoms with Crippen LogP contribution in [0.1, 0.15) is 10.4 Å². The Morgan fingerprint density at radius 1 is 1.38 bits per heavy atom. The quantitative estimate of drug-likeness (QED) is 0.811. The Labute approximate surface area is 101 Å². The molecule has 0 atom stereocenters. The van der Waals surface area contributed by atoms with E-state index in [1.807, 2.05) is 0 Å². The van der Waals surface area contributed by atoms with Crippen LogP contribution in [0.3, 0.4) is 0 Å². The van der Waals surface area contributed by atoms with Gasteiger partial charge in [0.1, 0.15) is 5.15 Å². The van der Waals surface area contributed by atoms with Gasteiger partial charge >= 0.3 is 0 Å². The van der Waals surface area contributed by atoms with E-state index in [0.29, 0.717) is 5.69 Å². The number of hydrogen-bond donors (Lipinski definition) is 2. The smallest absolute Gasteiger partial charge is 0.257 e. The molecule has 0 aliphatic carbocycles. The number of carbonyl (C=O) groups is 1. The fraction of sp³-hybridized carbons (Fsp3) is 0. The van der Waals surface area contributed by atoms with Crippen LogP contribution in [0.25, 0.3) is 0 Å². The van der Waals surface area contributed by atoms with Crippen LogP contribution in [-0.2, 0) is 0 Å². The maximum atomic E-state index is 11.8. The van der Waals surface area contributed by atoms with E-state index in [0.717, 1.165) is 0 Å². The van der Waals surface area contributed by atoms with Crippen LogP contribution in [0.5, 0.6) is 0 Å². The number of H-pyrrole nitrogens is 1. The number of nitrogens with one attached hydrogen (secondary N) is 2. The van der Waals surface area contributed by atoms with Gasteiger partial charge in [0.05, 0.1) is 22.5 Å². The van der Waals surface area contributed by atoms with Crippen LogP contribution in [0.2, 0.25) is 10.2 Å². The molecule has 5 nitrogen and oxygen atoms in total. The van der Waals surface area contributed by atoms with E-state index in [9.17, 15) is 4.79 Å². The Balaban J connectivity index is 2.24. The van der Waals surface area contributed by atoms with E-state index < -0.39 is 0 Å². The predicted molar refractivity (Wildman–Crippen MR) is 60.8 cm³/mol. The van der Waals surface area contributed by atoms with E-state index in [2.05, 4.69) is 20.5 Å². The molecule has 16 heavy (non-hydrogen) atoms. The van der Waals surface area contributed by atoms with Crippen molar-refractivity contribution in [2.24, 2.45) is 0 Å². The summed E-state index contributed by atoms with van der Waals surface area (Å²) in [6.45, 7) is 0. The molecule has 0 saturated heterocycles. The largest absolute Gasteiger partial charge is 0.319 e. The van der Waals surface area contributed by atoms with Gasteiger partial charge in [0.2, 0.25) is 0 Å².